The van der Waals surface area contributed by atoms with E-state index >= 15 is 0 Å². The van der Waals surface area contributed by atoms with Crippen LogP contribution >= 0.6 is 12.2 Å². The molecule has 2 N–H and O–H groups in total. The standard InChI is InChI=1S/C12H11N3OS/c17-12(14-11-4-2-1-3-5-11)15-13-8-10-6-7-16-9-10/h1-9H,(H2,14,15,17)/b13-8+. The molecule has 0 saturated heterocycles. The summed E-state index contributed by atoms with van der Waals surface area (Å²) in [5.41, 5.74) is 4.51. The van der Waals surface area contributed by atoms with Crippen molar-refractivity contribution in [2.75, 3.05) is 5.32 Å². The van der Waals surface area contributed by atoms with Crippen LogP contribution in [0.4, 0.5) is 5.69 Å². The molecule has 2 aromatic rings. The van der Waals surface area contributed by atoms with E-state index in [0.717, 1.165) is 11.3 Å². The van der Waals surface area contributed by atoms with Gasteiger partial charge in [0, 0.05) is 11.3 Å². The largest absolute Gasteiger partial charge is 0.472 e. The van der Waals surface area contributed by atoms with Crippen LogP contribution in [-0.4, -0.2) is 11.3 Å². The van der Waals surface area contributed by atoms with Gasteiger partial charge in [0.25, 0.3) is 0 Å². The molecule has 0 saturated carbocycles. The molecule has 17 heavy (non-hydrogen) atoms. The van der Waals surface area contributed by atoms with E-state index in [1.165, 1.54) is 0 Å². The molecule has 0 amide bonds. The number of hydrogen-bond donors (Lipinski definition) is 2. The maximum absolute atomic E-state index is 5.07. The van der Waals surface area contributed by atoms with Gasteiger partial charge in [0.15, 0.2) is 5.11 Å². The quantitative estimate of drug-likeness (QED) is 0.496. The lowest BCUT2D eigenvalue weighted by molar-refractivity contribution is 0.567. The van der Waals surface area contributed by atoms with E-state index in [9.17, 15) is 0 Å². The molecule has 0 atom stereocenters. The summed E-state index contributed by atoms with van der Waals surface area (Å²) in [6.07, 6.45) is 4.81. The van der Waals surface area contributed by atoms with E-state index in [1.807, 2.05) is 30.3 Å². The Hall–Kier alpha value is -2.14. The fraction of sp³-hybridized carbons (Fsp3) is 0. The number of hydrogen-bond acceptors (Lipinski definition) is 3. The van der Waals surface area contributed by atoms with Gasteiger partial charge in [-0.25, -0.2) is 0 Å². The second-order valence-corrected chi connectivity index (χ2v) is 3.66. The molecule has 0 fully saturated rings. The molecule has 2 rings (SSSR count). The van der Waals surface area contributed by atoms with Gasteiger partial charge >= 0.3 is 0 Å². The zero-order valence-corrected chi connectivity index (χ0v) is 9.78. The van der Waals surface area contributed by atoms with E-state index in [2.05, 4.69) is 15.8 Å². The predicted octanol–water partition coefficient (Wildman–Crippen LogP) is 2.60. The summed E-state index contributed by atoms with van der Waals surface area (Å²) in [5, 5.41) is 7.42. The fourth-order valence-electron chi connectivity index (χ4n) is 1.19. The number of anilines is 1. The maximum Gasteiger partial charge on any atom is 0.191 e. The fourth-order valence-corrected chi connectivity index (χ4v) is 1.36. The molecular weight excluding hydrogens is 234 g/mol. The van der Waals surface area contributed by atoms with Gasteiger partial charge in [0.1, 0.15) is 0 Å². The van der Waals surface area contributed by atoms with E-state index in [0.29, 0.717) is 5.11 Å². The molecule has 0 bridgehead atoms. The van der Waals surface area contributed by atoms with Crippen LogP contribution in [0.15, 0.2) is 58.4 Å². The molecule has 1 heterocycles. The summed E-state index contributed by atoms with van der Waals surface area (Å²) in [6.45, 7) is 0. The smallest absolute Gasteiger partial charge is 0.191 e. The van der Waals surface area contributed by atoms with Crippen LogP contribution in [-0.2, 0) is 0 Å². The maximum atomic E-state index is 5.07. The summed E-state index contributed by atoms with van der Waals surface area (Å²) in [5.74, 6) is 0. The van der Waals surface area contributed by atoms with Gasteiger partial charge in [-0.05, 0) is 30.4 Å². The van der Waals surface area contributed by atoms with Crippen molar-refractivity contribution in [2.24, 2.45) is 5.10 Å². The van der Waals surface area contributed by atoms with Crippen LogP contribution in [0, 0.1) is 0 Å². The number of hydrazone groups is 1. The van der Waals surface area contributed by atoms with E-state index in [1.54, 1.807) is 24.8 Å². The number of rotatable bonds is 3. The average molecular weight is 245 g/mol. The molecule has 0 unspecified atom stereocenters. The molecule has 0 aliphatic rings. The topological polar surface area (TPSA) is 49.6 Å². The van der Waals surface area contributed by atoms with Crippen LogP contribution in [0.2, 0.25) is 0 Å². The summed E-state index contributed by atoms with van der Waals surface area (Å²) in [4.78, 5) is 0. The molecule has 0 aliphatic heterocycles. The third-order valence-electron chi connectivity index (χ3n) is 1.95. The SMILES string of the molecule is S=C(N/N=C/c1ccoc1)Nc1ccccc1. The lowest BCUT2D eigenvalue weighted by Gasteiger charge is -2.05. The molecular formula is C12H11N3OS. The van der Waals surface area contributed by atoms with Gasteiger partial charge < -0.3 is 9.73 Å². The Morgan fingerprint density at radius 2 is 2.06 bits per heavy atom. The Balaban J connectivity index is 1.82. The third-order valence-corrected chi connectivity index (χ3v) is 2.15. The van der Waals surface area contributed by atoms with Gasteiger partial charge in [0.2, 0.25) is 0 Å². The summed E-state index contributed by atoms with van der Waals surface area (Å²) in [6, 6.07) is 11.5. The highest BCUT2D eigenvalue weighted by Gasteiger charge is 1.94. The Kier molecular flexibility index (Phi) is 3.88. The number of para-hydroxylation sites is 1. The third kappa shape index (κ3) is 3.73. The van der Waals surface area contributed by atoms with Gasteiger partial charge in [0.05, 0.1) is 18.7 Å². The highest BCUT2D eigenvalue weighted by molar-refractivity contribution is 7.80. The van der Waals surface area contributed by atoms with Gasteiger partial charge in [-0.3, -0.25) is 5.43 Å². The van der Waals surface area contributed by atoms with Crippen LogP contribution in [0.1, 0.15) is 5.56 Å². The van der Waals surface area contributed by atoms with Crippen LogP contribution in [0.5, 0.6) is 0 Å². The van der Waals surface area contributed by atoms with Gasteiger partial charge in [-0.15, -0.1) is 0 Å². The molecule has 1 aromatic heterocycles. The van der Waals surface area contributed by atoms with Crippen LogP contribution < -0.4 is 10.7 Å². The van der Waals surface area contributed by atoms with E-state index in [4.69, 9.17) is 16.6 Å². The number of benzene rings is 1. The first-order valence-corrected chi connectivity index (χ1v) is 5.43. The van der Waals surface area contributed by atoms with Crippen molar-refractivity contribution in [1.29, 1.82) is 0 Å². The Morgan fingerprint density at radius 3 is 2.76 bits per heavy atom. The molecule has 1 aromatic carbocycles. The second kappa shape index (κ2) is 5.81. The van der Waals surface area contributed by atoms with Crippen LogP contribution in [0.25, 0.3) is 0 Å². The van der Waals surface area contributed by atoms with Crippen molar-refractivity contribution >= 4 is 29.2 Å². The van der Waals surface area contributed by atoms with Crippen molar-refractivity contribution in [1.82, 2.24) is 5.43 Å². The minimum Gasteiger partial charge on any atom is -0.472 e. The van der Waals surface area contributed by atoms with Crippen molar-refractivity contribution in [3.8, 4) is 0 Å². The van der Waals surface area contributed by atoms with Crippen molar-refractivity contribution < 1.29 is 4.42 Å². The van der Waals surface area contributed by atoms with Crippen LogP contribution in [0.3, 0.4) is 0 Å². The lowest BCUT2D eigenvalue weighted by Crippen LogP contribution is -2.23. The monoisotopic (exact) mass is 245 g/mol. The van der Waals surface area contributed by atoms with Crippen molar-refractivity contribution in [2.45, 2.75) is 0 Å². The highest BCUT2D eigenvalue weighted by atomic mass is 32.1. The zero-order chi connectivity index (χ0) is 11.9. The lowest BCUT2D eigenvalue weighted by atomic mass is 10.3. The summed E-state index contributed by atoms with van der Waals surface area (Å²) >= 11 is 5.07. The Labute approximate surface area is 104 Å². The molecule has 0 radical (unpaired) electrons. The molecule has 0 spiro atoms. The molecule has 0 aliphatic carbocycles. The number of furan rings is 1. The van der Waals surface area contributed by atoms with E-state index in [-0.39, 0.29) is 0 Å². The highest BCUT2D eigenvalue weighted by Crippen LogP contribution is 2.04. The predicted molar refractivity (Wildman–Crippen MR) is 72.1 cm³/mol. The minimum atomic E-state index is 0.441. The van der Waals surface area contributed by atoms with Gasteiger partial charge in [-0.2, -0.15) is 5.10 Å². The first kappa shape index (κ1) is 11.3. The minimum absolute atomic E-state index is 0.441. The molecule has 5 heteroatoms. The first-order valence-electron chi connectivity index (χ1n) is 5.02. The summed E-state index contributed by atoms with van der Waals surface area (Å²) in [7, 11) is 0. The second-order valence-electron chi connectivity index (χ2n) is 3.25. The number of nitrogens with zero attached hydrogens (tertiary/aromatic N) is 1. The molecule has 4 nitrogen and oxygen atoms in total. The first-order chi connectivity index (χ1) is 8.34. The van der Waals surface area contributed by atoms with Gasteiger partial charge in [-0.1, -0.05) is 18.2 Å². The van der Waals surface area contributed by atoms with E-state index < -0.39 is 0 Å². The Morgan fingerprint density at radius 1 is 1.24 bits per heavy atom. The Bertz CT molecular complexity index is 494. The average Bonchev–Trinajstić information content (AvgIpc) is 2.83. The zero-order valence-electron chi connectivity index (χ0n) is 8.96. The normalized spacial score (nSPS) is 10.4. The summed E-state index contributed by atoms with van der Waals surface area (Å²) < 4.78 is 4.90. The van der Waals surface area contributed by atoms with Crippen molar-refractivity contribution in [3.05, 3.63) is 54.5 Å². The number of nitrogens with one attached hydrogen (secondary N) is 2. The van der Waals surface area contributed by atoms with Crippen molar-refractivity contribution in [3.63, 3.8) is 0 Å². The molecule has 86 valence electrons. The number of thiocarbonyl (C=S) groups is 1.